The summed E-state index contributed by atoms with van der Waals surface area (Å²) in [6, 6.07) is 0. The van der Waals surface area contributed by atoms with E-state index in [2.05, 4.69) is 15.5 Å². The quantitative estimate of drug-likeness (QED) is 0.810. The third kappa shape index (κ3) is 3.22. The summed E-state index contributed by atoms with van der Waals surface area (Å²) in [7, 11) is 0. The van der Waals surface area contributed by atoms with Gasteiger partial charge in [-0.15, -0.1) is 10.2 Å². The average Bonchev–Trinajstić information content (AvgIpc) is 3.05. The first-order valence-electron chi connectivity index (χ1n) is 7.59. The fourth-order valence-corrected chi connectivity index (χ4v) is 2.73. The molecule has 1 aromatic rings. The minimum Gasteiger partial charge on any atom is -0.348 e. The van der Waals surface area contributed by atoms with Crippen LogP contribution in [0, 0.1) is 11.8 Å². The first-order chi connectivity index (χ1) is 10.2. The number of carbonyl (C=O) groups is 2. The van der Waals surface area contributed by atoms with E-state index < -0.39 is 0 Å². The van der Waals surface area contributed by atoms with Gasteiger partial charge in [-0.05, 0) is 25.7 Å². The summed E-state index contributed by atoms with van der Waals surface area (Å²) in [4.78, 5) is 25.9. The van der Waals surface area contributed by atoms with E-state index in [-0.39, 0.29) is 17.7 Å². The Balaban J connectivity index is 1.50. The van der Waals surface area contributed by atoms with Crippen LogP contribution in [0.5, 0.6) is 0 Å². The molecule has 0 radical (unpaired) electrons. The number of likely N-dealkylation sites (tertiary alicyclic amines) is 1. The maximum absolute atomic E-state index is 12.2. The fourth-order valence-electron chi connectivity index (χ4n) is 2.73. The van der Waals surface area contributed by atoms with Gasteiger partial charge in [-0.3, -0.25) is 9.59 Å². The second-order valence-electron chi connectivity index (χ2n) is 5.89. The third-order valence-electron chi connectivity index (χ3n) is 4.22. The van der Waals surface area contributed by atoms with Crippen LogP contribution in [0.15, 0.2) is 6.33 Å². The first kappa shape index (κ1) is 14.0. The van der Waals surface area contributed by atoms with Crippen molar-refractivity contribution in [3.8, 4) is 0 Å². The highest BCUT2D eigenvalue weighted by Crippen LogP contribution is 2.31. The number of nitrogens with zero attached hydrogens (tertiary/aromatic N) is 4. The summed E-state index contributed by atoms with van der Waals surface area (Å²) in [6.45, 7) is 4.52. The molecular weight excluding hydrogens is 270 g/mol. The molecule has 3 rings (SSSR count). The lowest BCUT2D eigenvalue weighted by atomic mass is 10.1. The molecular formula is C14H21N5O2. The topological polar surface area (TPSA) is 80.1 Å². The second-order valence-corrected chi connectivity index (χ2v) is 5.89. The van der Waals surface area contributed by atoms with Crippen molar-refractivity contribution < 1.29 is 9.59 Å². The Morgan fingerprint density at radius 3 is 3.00 bits per heavy atom. The van der Waals surface area contributed by atoms with E-state index in [1.165, 1.54) is 12.8 Å². The average molecular weight is 291 g/mol. The number of hydrogen-bond donors (Lipinski definition) is 1. The number of carbonyl (C=O) groups excluding carboxylic acids is 2. The second kappa shape index (κ2) is 5.83. The van der Waals surface area contributed by atoms with Gasteiger partial charge in [0.05, 0.1) is 12.5 Å². The first-order valence-corrected chi connectivity index (χ1v) is 7.59. The van der Waals surface area contributed by atoms with Gasteiger partial charge < -0.3 is 14.8 Å². The van der Waals surface area contributed by atoms with Gasteiger partial charge in [-0.1, -0.05) is 0 Å². The molecule has 2 heterocycles. The number of aromatic nitrogens is 3. The van der Waals surface area contributed by atoms with Gasteiger partial charge in [0.1, 0.15) is 6.33 Å². The Bertz CT molecular complexity index is 537. The molecule has 2 fully saturated rings. The van der Waals surface area contributed by atoms with Gasteiger partial charge in [0, 0.05) is 26.1 Å². The molecule has 1 aromatic heterocycles. The number of aryl methyl sites for hydroxylation is 1. The molecule has 1 atom stereocenters. The Morgan fingerprint density at radius 2 is 2.29 bits per heavy atom. The van der Waals surface area contributed by atoms with Crippen LogP contribution in [-0.2, 0) is 22.7 Å². The fraction of sp³-hybridized carbons (Fsp3) is 0.714. The van der Waals surface area contributed by atoms with Gasteiger partial charge in [-0.2, -0.15) is 0 Å². The summed E-state index contributed by atoms with van der Waals surface area (Å²) in [5.41, 5.74) is 0. The highest BCUT2D eigenvalue weighted by atomic mass is 16.2. The summed E-state index contributed by atoms with van der Waals surface area (Å²) in [5.74, 6) is 1.23. The van der Waals surface area contributed by atoms with Crippen molar-refractivity contribution in [3.63, 3.8) is 0 Å². The largest absolute Gasteiger partial charge is 0.348 e. The lowest BCUT2D eigenvalue weighted by Crippen LogP contribution is -2.33. The Morgan fingerprint density at radius 1 is 1.48 bits per heavy atom. The maximum atomic E-state index is 12.2. The van der Waals surface area contributed by atoms with Crippen LogP contribution in [0.2, 0.25) is 0 Å². The molecule has 1 aliphatic heterocycles. The maximum Gasteiger partial charge on any atom is 0.225 e. The number of hydrogen-bond acceptors (Lipinski definition) is 4. The van der Waals surface area contributed by atoms with Crippen molar-refractivity contribution in [2.45, 2.75) is 39.3 Å². The van der Waals surface area contributed by atoms with E-state index in [0.717, 1.165) is 18.9 Å². The summed E-state index contributed by atoms with van der Waals surface area (Å²) >= 11 is 0. The minimum atomic E-state index is -0.228. The van der Waals surface area contributed by atoms with Crippen molar-refractivity contribution in [2.24, 2.45) is 11.8 Å². The van der Waals surface area contributed by atoms with Crippen LogP contribution in [0.4, 0.5) is 0 Å². The molecule has 1 N–H and O–H groups in total. The van der Waals surface area contributed by atoms with Gasteiger partial charge in [0.2, 0.25) is 11.8 Å². The van der Waals surface area contributed by atoms with Crippen molar-refractivity contribution in [3.05, 3.63) is 12.2 Å². The Labute approximate surface area is 123 Å². The van der Waals surface area contributed by atoms with Gasteiger partial charge >= 0.3 is 0 Å². The summed E-state index contributed by atoms with van der Waals surface area (Å²) < 4.78 is 1.89. The van der Waals surface area contributed by atoms with Crippen LogP contribution >= 0.6 is 0 Å². The van der Waals surface area contributed by atoms with E-state index in [4.69, 9.17) is 0 Å². The Kier molecular flexibility index (Phi) is 3.90. The molecule has 1 saturated carbocycles. The lowest BCUT2D eigenvalue weighted by molar-refractivity contribution is -0.129. The lowest BCUT2D eigenvalue weighted by Gasteiger charge is -2.15. The Hall–Kier alpha value is -1.92. The number of rotatable bonds is 6. The molecule has 0 aromatic carbocycles. The van der Waals surface area contributed by atoms with E-state index in [1.54, 1.807) is 6.33 Å². The zero-order valence-corrected chi connectivity index (χ0v) is 12.3. The molecule has 0 spiro atoms. The third-order valence-corrected chi connectivity index (χ3v) is 4.22. The molecule has 1 aliphatic carbocycles. The van der Waals surface area contributed by atoms with Crippen LogP contribution in [-0.4, -0.2) is 44.6 Å². The SMILES string of the molecule is CCn1cnnc1CNC(=O)C1CC(=O)N(CC2CC2)C1. The van der Waals surface area contributed by atoms with Gasteiger partial charge in [0.15, 0.2) is 5.82 Å². The standard InChI is InChI=1S/C14H21N5O2/c1-2-18-9-16-17-12(18)6-15-14(21)11-5-13(20)19(8-11)7-10-3-4-10/h9-11H,2-8H2,1H3,(H,15,21). The normalized spacial score (nSPS) is 21.9. The van der Waals surface area contributed by atoms with Crippen molar-refractivity contribution in [1.29, 1.82) is 0 Å². The van der Waals surface area contributed by atoms with Crippen molar-refractivity contribution >= 4 is 11.8 Å². The highest BCUT2D eigenvalue weighted by Gasteiger charge is 2.37. The van der Waals surface area contributed by atoms with E-state index in [0.29, 0.717) is 25.4 Å². The number of amides is 2. The van der Waals surface area contributed by atoms with Crippen molar-refractivity contribution in [1.82, 2.24) is 25.0 Å². The summed E-state index contributed by atoms with van der Waals surface area (Å²) in [6.07, 6.45) is 4.41. The molecule has 2 aliphatic rings. The highest BCUT2D eigenvalue weighted by molar-refractivity contribution is 5.89. The van der Waals surface area contributed by atoms with Gasteiger partial charge in [0.25, 0.3) is 0 Å². The van der Waals surface area contributed by atoms with Crippen LogP contribution in [0.3, 0.4) is 0 Å². The predicted octanol–water partition coefficient (Wildman–Crippen LogP) is 0.173. The number of nitrogens with one attached hydrogen (secondary N) is 1. The van der Waals surface area contributed by atoms with E-state index in [1.807, 2.05) is 16.4 Å². The van der Waals surface area contributed by atoms with Crippen molar-refractivity contribution in [2.75, 3.05) is 13.1 Å². The zero-order valence-electron chi connectivity index (χ0n) is 12.3. The van der Waals surface area contributed by atoms with E-state index >= 15 is 0 Å². The van der Waals surface area contributed by atoms with E-state index in [9.17, 15) is 9.59 Å². The van der Waals surface area contributed by atoms with Crippen LogP contribution in [0.25, 0.3) is 0 Å². The minimum absolute atomic E-state index is 0.0627. The molecule has 114 valence electrons. The molecule has 1 saturated heterocycles. The van der Waals surface area contributed by atoms with Crippen LogP contribution in [0.1, 0.15) is 32.0 Å². The molecule has 7 heteroatoms. The smallest absolute Gasteiger partial charge is 0.225 e. The molecule has 2 amide bonds. The van der Waals surface area contributed by atoms with Crippen LogP contribution < -0.4 is 5.32 Å². The molecule has 7 nitrogen and oxygen atoms in total. The predicted molar refractivity (Wildman–Crippen MR) is 75.0 cm³/mol. The van der Waals surface area contributed by atoms with Gasteiger partial charge in [-0.25, -0.2) is 0 Å². The molecule has 0 bridgehead atoms. The summed E-state index contributed by atoms with van der Waals surface area (Å²) in [5, 5.41) is 10.7. The monoisotopic (exact) mass is 291 g/mol. The molecule has 21 heavy (non-hydrogen) atoms. The zero-order chi connectivity index (χ0) is 14.8. The molecule has 1 unspecified atom stereocenters.